The molecular formula is C14H18N2O3. The van der Waals surface area contributed by atoms with Crippen molar-refractivity contribution in [2.45, 2.75) is 25.3 Å². The van der Waals surface area contributed by atoms with Gasteiger partial charge in [-0.2, -0.15) is 0 Å². The van der Waals surface area contributed by atoms with Gasteiger partial charge in [-0.1, -0.05) is 30.3 Å². The van der Waals surface area contributed by atoms with Crippen LogP contribution in [-0.2, 0) is 4.79 Å². The number of amides is 2. The first-order valence-electron chi connectivity index (χ1n) is 6.41. The van der Waals surface area contributed by atoms with Crippen LogP contribution in [0.3, 0.4) is 0 Å². The van der Waals surface area contributed by atoms with Crippen molar-refractivity contribution in [3.8, 4) is 0 Å². The number of hydrogen-bond acceptors (Lipinski definition) is 2. The van der Waals surface area contributed by atoms with Gasteiger partial charge in [0.2, 0.25) is 0 Å². The second-order valence-electron chi connectivity index (χ2n) is 4.85. The van der Waals surface area contributed by atoms with Gasteiger partial charge >= 0.3 is 12.0 Å². The predicted molar refractivity (Wildman–Crippen MR) is 71.0 cm³/mol. The highest BCUT2D eigenvalue weighted by atomic mass is 16.4. The quantitative estimate of drug-likeness (QED) is 0.870. The summed E-state index contributed by atoms with van der Waals surface area (Å²) in [6, 6.07) is 8.92. The molecule has 19 heavy (non-hydrogen) atoms. The number of carbonyl (C=O) groups is 2. The second-order valence-corrected chi connectivity index (χ2v) is 4.85. The Morgan fingerprint density at radius 3 is 2.68 bits per heavy atom. The van der Waals surface area contributed by atoms with Crippen LogP contribution in [0.15, 0.2) is 30.3 Å². The molecule has 1 aliphatic heterocycles. The molecule has 0 bridgehead atoms. The molecule has 1 unspecified atom stereocenters. The van der Waals surface area contributed by atoms with E-state index in [1.165, 1.54) is 12.5 Å². The Hall–Kier alpha value is -2.04. The molecule has 2 atom stereocenters. The molecule has 102 valence electrons. The van der Waals surface area contributed by atoms with Gasteiger partial charge in [-0.05, 0) is 18.9 Å². The highest BCUT2D eigenvalue weighted by molar-refractivity contribution is 5.82. The van der Waals surface area contributed by atoms with Crippen molar-refractivity contribution >= 4 is 12.0 Å². The Morgan fingerprint density at radius 2 is 2.05 bits per heavy atom. The van der Waals surface area contributed by atoms with Gasteiger partial charge < -0.3 is 15.3 Å². The second kappa shape index (κ2) is 5.73. The number of likely N-dealkylation sites (tertiary alicyclic amines) is 1. The average Bonchev–Trinajstić information content (AvgIpc) is 2.89. The average molecular weight is 262 g/mol. The van der Waals surface area contributed by atoms with E-state index < -0.39 is 12.0 Å². The fourth-order valence-electron chi connectivity index (χ4n) is 2.28. The maximum atomic E-state index is 11.9. The smallest absolute Gasteiger partial charge is 0.325 e. The van der Waals surface area contributed by atoms with Gasteiger partial charge in [0.1, 0.15) is 6.04 Å². The minimum Gasteiger partial charge on any atom is -0.480 e. The number of hydrogen-bond donors (Lipinski definition) is 2. The lowest BCUT2D eigenvalue weighted by Crippen LogP contribution is -2.45. The molecule has 1 heterocycles. The zero-order valence-corrected chi connectivity index (χ0v) is 10.9. The normalized spacial score (nSPS) is 20.1. The molecule has 1 aromatic rings. The molecular weight excluding hydrogens is 244 g/mol. The van der Waals surface area contributed by atoms with Gasteiger partial charge in [0.05, 0.1) is 0 Å². The van der Waals surface area contributed by atoms with Crippen LogP contribution in [0.2, 0.25) is 0 Å². The highest BCUT2D eigenvalue weighted by Gasteiger charge is 2.28. The molecule has 0 radical (unpaired) electrons. The molecule has 2 rings (SSSR count). The minimum atomic E-state index is -1.02. The van der Waals surface area contributed by atoms with Crippen molar-refractivity contribution in [2.24, 2.45) is 0 Å². The molecule has 1 fully saturated rings. The van der Waals surface area contributed by atoms with E-state index in [0.717, 1.165) is 6.42 Å². The van der Waals surface area contributed by atoms with Gasteiger partial charge in [-0.25, -0.2) is 4.79 Å². The number of carboxylic acid groups (broad SMARTS) is 1. The van der Waals surface area contributed by atoms with Crippen LogP contribution in [0.1, 0.15) is 24.8 Å². The third-order valence-corrected chi connectivity index (χ3v) is 3.46. The van der Waals surface area contributed by atoms with E-state index in [4.69, 9.17) is 5.11 Å². The monoisotopic (exact) mass is 262 g/mol. The molecule has 1 saturated heterocycles. The molecule has 5 nitrogen and oxygen atoms in total. The van der Waals surface area contributed by atoms with Crippen LogP contribution < -0.4 is 5.32 Å². The number of carboxylic acids is 1. The largest absolute Gasteiger partial charge is 0.480 e. The van der Waals surface area contributed by atoms with Gasteiger partial charge in [0.25, 0.3) is 0 Å². The van der Waals surface area contributed by atoms with Gasteiger partial charge in [0, 0.05) is 19.0 Å². The first-order valence-corrected chi connectivity index (χ1v) is 6.41. The fraction of sp³-hybridized carbons (Fsp3) is 0.429. The Morgan fingerprint density at radius 1 is 1.37 bits per heavy atom. The number of urea groups is 1. The molecule has 0 saturated carbocycles. The van der Waals surface area contributed by atoms with Crippen LogP contribution in [0.25, 0.3) is 0 Å². The SMILES string of the molecule is C[C@H](NC(=O)N1CCC(c2ccccc2)C1)C(=O)O. The number of nitrogens with zero attached hydrogens (tertiary/aromatic N) is 1. The zero-order valence-electron chi connectivity index (χ0n) is 10.9. The summed E-state index contributed by atoms with van der Waals surface area (Å²) in [7, 11) is 0. The van der Waals surface area contributed by atoms with E-state index in [1.54, 1.807) is 4.90 Å². The number of aliphatic carboxylic acids is 1. The zero-order chi connectivity index (χ0) is 13.8. The Bertz CT molecular complexity index is 461. The van der Waals surface area contributed by atoms with Crippen LogP contribution in [-0.4, -0.2) is 41.1 Å². The lowest BCUT2D eigenvalue weighted by Gasteiger charge is -2.19. The summed E-state index contributed by atoms with van der Waals surface area (Å²) in [5.41, 5.74) is 1.23. The minimum absolute atomic E-state index is 0.298. The molecule has 0 spiro atoms. The van der Waals surface area contributed by atoms with Gasteiger partial charge in [-0.3, -0.25) is 4.79 Å². The van der Waals surface area contributed by atoms with E-state index in [2.05, 4.69) is 17.4 Å². The van der Waals surface area contributed by atoms with Crippen molar-refractivity contribution in [3.63, 3.8) is 0 Å². The van der Waals surface area contributed by atoms with Crippen molar-refractivity contribution in [3.05, 3.63) is 35.9 Å². The topological polar surface area (TPSA) is 69.6 Å². The maximum Gasteiger partial charge on any atom is 0.325 e. The fourth-order valence-corrected chi connectivity index (χ4v) is 2.28. The third-order valence-electron chi connectivity index (χ3n) is 3.46. The lowest BCUT2D eigenvalue weighted by atomic mass is 9.99. The summed E-state index contributed by atoms with van der Waals surface area (Å²) < 4.78 is 0. The Balaban J connectivity index is 1.91. The maximum absolute atomic E-state index is 11.9. The summed E-state index contributed by atoms with van der Waals surface area (Å²) in [6.45, 7) is 2.77. The van der Waals surface area contributed by atoms with E-state index in [-0.39, 0.29) is 6.03 Å². The number of benzene rings is 1. The predicted octanol–water partition coefficient (Wildman–Crippen LogP) is 1.66. The first-order chi connectivity index (χ1) is 9.08. The molecule has 1 aliphatic rings. The summed E-state index contributed by atoms with van der Waals surface area (Å²) in [5.74, 6) is -0.681. The summed E-state index contributed by atoms with van der Waals surface area (Å²) in [6.07, 6.45) is 0.916. The Kier molecular flexibility index (Phi) is 4.04. The van der Waals surface area contributed by atoms with Crippen LogP contribution in [0.4, 0.5) is 4.79 Å². The summed E-state index contributed by atoms with van der Waals surface area (Å²) >= 11 is 0. The standard InChI is InChI=1S/C14H18N2O3/c1-10(13(17)18)15-14(19)16-8-7-12(9-16)11-5-3-2-4-6-11/h2-6,10,12H,7-9H2,1H3,(H,15,19)(H,17,18)/t10-,12?/m0/s1. The molecule has 2 N–H and O–H groups in total. The molecule has 5 heteroatoms. The van der Waals surface area contributed by atoms with Crippen LogP contribution >= 0.6 is 0 Å². The van der Waals surface area contributed by atoms with E-state index >= 15 is 0 Å². The third kappa shape index (κ3) is 3.24. The highest BCUT2D eigenvalue weighted by Crippen LogP contribution is 2.26. The number of carbonyl (C=O) groups excluding carboxylic acids is 1. The summed E-state index contributed by atoms with van der Waals surface area (Å²) in [4.78, 5) is 24.3. The van der Waals surface area contributed by atoms with Crippen molar-refractivity contribution in [1.82, 2.24) is 10.2 Å². The van der Waals surface area contributed by atoms with E-state index in [9.17, 15) is 9.59 Å². The summed E-state index contributed by atoms with van der Waals surface area (Å²) in [5, 5.41) is 11.3. The van der Waals surface area contributed by atoms with Gasteiger partial charge in [0.15, 0.2) is 0 Å². The van der Waals surface area contributed by atoms with Crippen LogP contribution in [0.5, 0.6) is 0 Å². The van der Waals surface area contributed by atoms with E-state index in [1.807, 2.05) is 18.2 Å². The van der Waals surface area contributed by atoms with Crippen molar-refractivity contribution in [2.75, 3.05) is 13.1 Å². The Labute approximate surface area is 112 Å². The molecule has 0 aromatic heterocycles. The molecule has 0 aliphatic carbocycles. The first kappa shape index (κ1) is 13.4. The van der Waals surface area contributed by atoms with Crippen LogP contribution in [0, 0.1) is 0 Å². The number of nitrogens with one attached hydrogen (secondary N) is 1. The van der Waals surface area contributed by atoms with Gasteiger partial charge in [-0.15, -0.1) is 0 Å². The molecule has 1 aromatic carbocycles. The van der Waals surface area contributed by atoms with E-state index in [0.29, 0.717) is 19.0 Å². The van der Waals surface area contributed by atoms with Crippen molar-refractivity contribution in [1.29, 1.82) is 0 Å². The lowest BCUT2D eigenvalue weighted by molar-refractivity contribution is -0.138. The van der Waals surface area contributed by atoms with Crippen molar-refractivity contribution < 1.29 is 14.7 Å². The molecule has 2 amide bonds. The number of rotatable bonds is 3.